The fraction of sp³-hybridized carbons (Fsp3) is 0.583. The molecule has 1 fully saturated rings. The van der Waals surface area contributed by atoms with Crippen LogP contribution < -0.4 is 0 Å². The van der Waals surface area contributed by atoms with Gasteiger partial charge in [-0.2, -0.15) is 0 Å². The number of piperidine rings is 1. The number of nitrogens with zero attached hydrogens (tertiary/aromatic N) is 1. The Kier molecular flexibility index (Phi) is 3.21. The van der Waals surface area contributed by atoms with Gasteiger partial charge in [-0.1, -0.05) is 12.2 Å². The summed E-state index contributed by atoms with van der Waals surface area (Å²) in [6.45, 7) is 1.70. The molecule has 104 valence electrons. The second-order valence-corrected chi connectivity index (χ2v) is 4.80. The highest BCUT2D eigenvalue weighted by Crippen LogP contribution is 2.43. The van der Waals surface area contributed by atoms with Crippen LogP contribution in [-0.2, 0) is 14.3 Å². The minimum Gasteiger partial charge on any atom is -0.481 e. The van der Waals surface area contributed by atoms with E-state index in [0.29, 0.717) is 0 Å². The van der Waals surface area contributed by atoms with Gasteiger partial charge in [0.1, 0.15) is 0 Å². The number of hydrogen-bond donors (Lipinski definition) is 2. The van der Waals surface area contributed by atoms with Crippen molar-refractivity contribution in [2.45, 2.75) is 19.0 Å². The molecule has 0 aromatic carbocycles. The van der Waals surface area contributed by atoms with Crippen molar-refractivity contribution in [1.82, 2.24) is 4.90 Å². The van der Waals surface area contributed by atoms with E-state index >= 15 is 0 Å². The van der Waals surface area contributed by atoms with Gasteiger partial charge < -0.3 is 14.9 Å². The Morgan fingerprint density at radius 2 is 1.68 bits per heavy atom. The third-order valence-electron chi connectivity index (χ3n) is 3.97. The summed E-state index contributed by atoms with van der Waals surface area (Å²) in [7, 11) is 1.21. The van der Waals surface area contributed by atoms with Crippen molar-refractivity contribution >= 4 is 18.0 Å². The zero-order valence-electron chi connectivity index (χ0n) is 10.5. The maximum Gasteiger partial charge on any atom is 0.410 e. The fourth-order valence-electron chi connectivity index (χ4n) is 3.13. The first-order valence-corrected chi connectivity index (χ1v) is 5.90. The first-order valence-electron chi connectivity index (χ1n) is 5.90. The molecule has 19 heavy (non-hydrogen) atoms. The molecule has 2 N–H and O–H groups in total. The van der Waals surface area contributed by atoms with Gasteiger partial charge in [-0.15, -0.1) is 0 Å². The lowest BCUT2D eigenvalue weighted by molar-refractivity contribution is -0.164. The van der Waals surface area contributed by atoms with Gasteiger partial charge in [0.25, 0.3) is 0 Å². The van der Waals surface area contributed by atoms with Gasteiger partial charge in [-0.3, -0.25) is 14.5 Å². The summed E-state index contributed by atoms with van der Waals surface area (Å²) in [6.07, 6.45) is 2.63. The number of hydrogen-bond acceptors (Lipinski definition) is 4. The summed E-state index contributed by atoms with van der Waals surface area (Å²) in [5, 5.41) is 18.5. The molecule has 1 aliphatic carbocycles. The molecular weight excluding hydrogens is 254 g/mol. The van der Waals surface area contributed by atoms with Gasteiger partial charge in [0, 0.05) is 12.0 Å². The van der Waals surface area contributed by atoms with Crippen LogP contribution in [0.15, 0.2) is 12.2 Å². The van der Waals surface area contributed by atoms with Crippen molar-refractivity contribution in [1.29, 1.82) is 0 Å². The quantitative estimate of drug-likeness (QED) is 0.704. The van der Waals surface area contributed by atoms with Crippen molar-refractivity contribution in [3.05, 3.63) is 12.2 Å². The third-order valence-corrected chi connectivity index (χ3v) is 3.97. The highest BCUT2D eigenvalue weighted by Gasteiger charge is 2.56. The summed E-state index contributed by atoms with van der Waals surface area (Å²) in [4.78, 5) is 35.7. The van der Waals surface area contributed by atoms with Gasteiger partial charge in [0.15, 0.2) is 0 Å². The standard InChI is InChI=1S/C12H15NO6/c1-5-6-3-4-7(13(5)12(18)19-2)9(11(16)17)8(6)10(14)15/h3-9H,1-2H3,(H,14,15)(H,16,17)/t5-,6-,7-,8+,9-/m1/s1. The Balaban J connectivity index is 2.45. The van der Waals surface area contributed by atoms with E-state index in [1.165, 1.54) is 12.0 Å². The lowest BCUT2D eigenvalue weighted by atomic mass is 9.66. The maximum absolute atomic E-state index is 11.7. The lowest BCUT2D eigenvalue weighted by Crippen LogP contribution is -2.64. The second-order valence-electron chi connectivity index (χ2n) is 4.80. The van der Waals surface area contributed by atoms with E-state index in [9.17, 15) is 24.6 Å². The largest absolute Gasteiger partial charge is 0.481 e. The molecule has 7 heteroatoms. The first kappa shape index (κ1) is 13.4. The molecule has 0 spiro atoms. The highest BCUT2D eigenvalue weighted by molar-refractivity contribution is 5.84. The number of carbonyl (C=O) groups is 3. The molecule has 5 atom stereocenters. The SMILES string of the molecule is COC(=O)N1[C@H](C)[C@H]2C=C[C@@H]1[C@@H](C(=O)O)[C@H]2C(=O)O. The van der Waals surface area contributed by atoms with Crippen molar-refractivity contribution in [3.63, 3.8) is 0 Å². The van der Waals surface area contributed by atoms with E-state index in [4.69, 9.17) is 0 Å². The molecule has 0 saturated carbocycles. The molecule has 2 aliphatic heterocycles. The predicted molar refractivity (Wildman–Crippen MR) is 62.4 cm³/mol. The van der Waals surface area contributed by atoms with E-state index < -0.39 is 47.9 Å². The lowest BCUT2D eigenvalue weighted by Gasteiger charge is -2.51. The van der Waals surface area contributed by atoms with Crippen molar-refractivity contribution in [2.75, 3.05) is 7.11 Å². The smallest absolute Gasteiger partial charge is 0.410 e. The molecule has 2 bridgehead atoms. The molecule has 0 aromatic heterocycles. The van der Waals surface area contributed by atoms with Crippen molar-refractivity contribution in [3.8, 4) is 0 Å². The number of rotatable bonds is 2. The molecular formula is C12H15NO6. The minimum atomic E-state index is -1.22. The molecule has 3 rings (SSSR count). The molecule has 0 aromatic rings. The summed E-state index contributed by atoms with van der Waals surface area (Å²) in [6, 6.07) is -1.19. The van der Waals surface area contributed by atoms with Crippen LogP contribution in [0.1, 0.15) is 6.92 Å². The molecule has 2 heterocycles. The molecule has 1 amide bonds. The van der Waals surface area contributed by atoms with E-state index in [2.05, 4.69) is 4.74 Å². The number of carboxylic acid groups (broad SMARTS) is 2. The number of methoxy groups -OCH3 is 1. The number of ether oxygens (including phenoxy) is 1. The summed E-state index contributed by atoms with van der Waals surface area (Å²) in [5.41, 5.74) is 0. The summed E-state index contributed by atoms with van der Waals surface area (Å²) in [5.74, 6) is -5.07. The van der Waals surface area contributed by atoms with E-state index in [1.807, 2.05) is 0 Å². The molecule has 7 nitrogen and oxygen atoms in total. The van der Waals surface area contributed by atoms with Crippen LogP contribution in [-0.4, -0.2) is 52.3 Å². The average Bonchev–Trinajstić information content (AvgIpc) is 2.37. The Labute approximate surface area is 109 Å². The van der Waals surface area contributed by atoms with Gasteiger partial charge >= 0.3 is 18.0 Å². The molecule has 0 radical (unpaired) electrons. The third kappa shape index (κ3) is 1.85. The molecule has 0 unspecified atom stereocenters. The Hall–Kier alpha value is -2.05. The van der Waals surface area contributed by atoms with Crippen LogP contribution >= 0.6 is 0 Å². The average molecular weight is 269 g/mol. The normalized spacial score (nSPS) is 36.1. The van der Waals surface area contributed by atoms with Gasteiger partial charge in [0.05, 0.1) is 25.0 Å². The van der Waals surface area contributed by atoms with Crippen LogP contribution in [0, 0.1) is 17.8 Å². The highest BCUT2D eigenvalue weighted by atomic mass is 16.5. The predicted octanol–water partition coefficient (Wildman–Crippen LogP) is 0.413. The van der Waals surface area contributed by atoms with Crippen LogP contribution in [0.5, 0.6) is 0 Å². The maximum atomic E-state index is 11.7. The van der Waals surface area contributed by atoms with Crippen LogP contribution in [0.25, 0.3) is 0 Å². The number of amides is 1. The number of carbonyl (C=O) groups excluding carboxylic acids is 1. The Bertz CT molecular complexity index is 459. The fourth-order valence-corrected chi connectivity index (χ4v) is 3.13. The van der Waals surface area contributed by atoms with Gasteiger partial charge in [-0.05, 0) is 6.92 Å². The number of fused-ring (bicyclic) bond motifs is 2. The number of carboxylic acids is 2. The monoisotopic (exact) mass is 269 g/mol. The molecule has 1 saturated heterocycles. The summed E-state index contributed by atoms with van der Waals surface area (Å²) < 4.78 is 4.65. The number of aliphatic carboxylic acids is 2. The zero-order chi connectivity index (χ0) is 14.3. The Morgan fingerprint density at radius 1 is 1.11 bits per heavy atom. The topological polar surface area (TPSA) is 104 Å². The minimum absolute atomic E-state index is 0.404. The molecule has 3 aliphatic rings. The zero-order valence-corrected chi connectivity index (χ0v) is 10.5. The van der Waals surface area contributed by atoms with Crippen LogP contribution in [0.3, 0.4) is 0 Å². The Morgan fingerprint density at radius 3 is 2.16 bits per heavy atom. The van der Waals surface area contributed by atoms with Crippen molar-refractivity contribution < 1.29 is 29.3 Å². The van der Waals surface area contributed by atoms with Crippen molar-refractivity contribution in [2.24, 2.45) is 17.8 Å². The van der Waals surface area contributed by atoms with E-state index in [1.54, 1.807) is 19.1 Å². The van der Waals surface area contributed by atoms with Crippen LogP contribution in [0.2, 0.25) is 0 Å². The van der Waals surface area contributed by atoms with Crippen LogP contribution in [0.4, 0.5) is 4.79 Å². The van der Waals surface area contributed by atoms with E-state index in [-0.39, 0.29) is 0 Å². The van der Waals surface area contributed by atoms with E-state index in [0.717, 1.165) is 0 Å². The first-order chi connectivity index (χ1) is 8.90. The second kappa shape index (κ2) is 4.56. The van der Waals surface area contributed by atoms with Gasteiger partial charge in [0.2, 0.25) is 0 Å². The van der Waals surface area contributed by atoms with Gasteiger partial charge in [-0.25, -0.2) is 4.79 Å². The summed E-state index contributed by atoms with van der Waals surface area (Å²) >= 11 is 0.